The van der Waals surface area contributed by atoms with E-state index in [1.54, 1.807) is 0 Å². The summed E-state index contributed by atoms with van der Waals surface area (Å²) in [5, 5.41) is 4.30. The molecule has 0 saturated heterocycles. The molecule has 0 aliphatic carbocycles. The molecule has 0 atom stereocenters. The van der Waals surface area contributed by atoms with Gasteiger partial charge in [-0.05, 0) is 55.9 Å². The maximum atomic E-state index is 5.91. The topological polar surface area (TPSA) is 27.6 Å². The van der Waals surface area contributed by atoms with Crippen LogP contribution in [0.2, 0.25) is 5.02 Å². The highest BCUT2D eigenvalue weighted by molar-refractivity contribution is 7.80. The van der Waals surface area contributed by atoms with Crippen molar-refractivity contribution in [3.05, 3.63) is 65.2 Å². The molecule has 0 bridgehead atoms. The summed E-state index contributed by atoms with van der Waals surface area (Å²) >= 11 is 11.3. The maximum absolute atomic E-state index is 5.91. The molecule has 2 aromatic carbocycles. The van der Waals surface area contributed by atoms with Gasteiger partial charge >= 0.3 is 0 Å². The van der Waals surface area contributed by atoms with Gasteiger partial charge in [-0.3, -0.25) is 0 Å². The van der Waals surface area contributed by atoms with Gasteiger partial charge in [-0.2, -0.15) is 0 Å². The predicted molar refractivity (Wildman–Crippen MR) is 108 cm³/mol. The molecule has 0 spiro atoms. The van der Waals surface area contributed by atoms with Crippen molar-refractivity contribution in [2.24, 2.45) is 4.99 Å². The zero-order valence-electron chi connectivity index (χ0n) is 14.0. The third kappa shape index (κ3) is 5.62. The molecule has 2 rings (SSSR count). The van der Waals surface area contributed by atoms with Crippen LogP contribution < -0.4 is 5.32 Å². The summed E-state index contributed by atoms with van der Waals surface area (Å²) in [6, 6.07) is 17.7. The summed E-state index contributed by atoms with van der Waals surface area (Å²) in [6.07, 6.45) is 0.755. The Morgan fingerprint density at radius 3 is 2.25 bits per heavy atom. The number of rotatable bonds is 5. The van der Waals surface area contributed by atoms with Gasteiger partial charge in [0.25, 0.3) is 0 Å². The minimum Gasteiger partial charge on any atom is -0.360 e. The summed E-state index contributed by atoms with van der Waals surface area (Å²) in [7, 11) is 0. The molecule has 1 N–H and O–H groups in total. The van der Waals surface area contributed by atoms with E-state index in [1.807, 2.05) is 42.5 Å². The molecule has 2 aromatic rings. The van der Waals surface area contributed by atoms with E-state index in [0.29, 0.717) is 10.1 Å². The van der Waals surface area contributed by atoms with Crippen LogP contribution in [0.15, 0.2) is 59.6 Å². The van der Waals surface area contributed by atoms with Gasteiger partial charge in [-0.1, -0.05) is 41.9 Å². The molecule has 0 radical (unpaired) electrons. The van der Waals surface area contributed by atoms with Crippen LogP contribution in [-0.4, -0.2) is 28.9 Å². The lowest BCUT2D eigenvalue weighted by atomic mass is 10.1. The fraction of sp³-hybridized carbons (Fsp3) is 0.263. The van der Waals surface area contributed by atoms with Crippen LogP contribution in [0.1, 0.15) is 19.4 Å². The Labute approximate surface area is 154 Å². The quantitative estimate of drug-likeness (QED) is 0.461. The SMILES string of the molecule is CCN(CC)/C(Cc1ccccc1)=N/C(=S)Nc1ccc(Cl)cc1. The van der Waals surface area contributed by atoms with Crippen LogP contribution in [0.5, 0.6) is 0 Å². The van der Waals surface area contributed by atoms with E-state index in [2.05, 4.69) is 41.2 Å². The lowest BCUT2D eigenvalue weighted by Gasteiger charge is -2.23. The van der Waals surface area contributed by atoms with Gasteiger partial charge in [0.15, 0.2) is 5.11 Å². The first-order chi connectivity index (χ1) is 11.6. The highest BCUT2D eigenvalue weighted by Gasteiger charge is 2.10. The van der Waals surface area contributed by atoms with Crippen LogP contribution in [0.4, 0.5) is 5.69 Å². The molecule has 0 amide bonds. The van der Waals surface area contributed by atoms with Gasteiger partial charge in [0.2, 0.25) is 0 Å². The smallest absolute Gasteiger partial charge is 0.198 e. The first-order valence-electron chi connectivity index (χ1n) is 8.05. The second kappa shape index (κ2) is 9.40. The molecule has 0 saturated carbocycles. The monoisotopic (exact) mass is 359 g/mol. The third-order valence-corrected chi connectivity index (χ3v) is 4.10. The molecule has 0 aromatic heterocycles. The number of nitrogens with one attached hydrogen (secondary N) is 1. The highest BCUT2D eigenvalue weighted by Crippen LogP contribution is 2.14. The predicted octanol–water partition coefficient (Wildman–Crippen LogP) is 5.02. The van der Waals surface area contributed by atoms with Crippen molar-refractivity contribution in [2.75, 3.05) is 18.4 Å². The Kier molecular flexibility index (Phi) is 7.22. The normalized spacial score (nSPS) is 11.2. The number of hydrogen-bond acceptors (Lipinski definition) is 1. The maximum Gasteiger partial charge on any atom is 0.198 e. The lowest BCUT2D eigenvalue weighted by Crippen LogP contribution is -2.33. The molecular weight excluding hydrogens is 338 g/mol. The number of likely N-dealkylation sites (N-methyl/N-ethyl adjacent to an activating group) is 1. The highest BCUT2D eigenvalue weighted by atomic mass is 35.5. The number of halogens is 1. The summed E-state index contributed by atoms with van der Waals surface area (Å²) in [5.74, 6) is 0.970. The van der Waals surface area contributed by atoms with Crippen molar-refractivity contribution in [1.82, 2.24) is 4.90 Å². The number of nitrogens with zero attached hydrogens (tertiary/aromatic N) is 2. The Morgan fingerprint density at radius 1 is 1.04 bits per heavy atom. The molecule has 0 fully saturated rings. The Morgan fingerprint density at radius 2 is 1.67 bits per heavy atom. The molecule has 0 heterocycles. The summed E-state index contributed by atoms with van der Waals surface area (Å²) in [4.78, 5) is 6.89. The third-order valence-electron chi connectivity index (χ3n) is 3.66. The average Bonchev–Trinajstić information content (AvgIpc) is 2.59. The Bertz CT molecular complexity index is 680. The van der Waals surface area contributed by atoms with Gasteiger partial charge < -0.3 is 10.2 Å². The fourth-order valence-electron chi connectivity index (χ4n) is 2.39. The van der Waals surface area contributed by atoms with E-state index in [-0.39, 0.29) is 0 Å². The largest absolute Gasteiger partial charge is 0.360 e. The first-order valence-corrected chi connectivity index (χ1v) is 8.84. The second-order valence-electron chi connectivity index (χ2n) is 5.30. The summed E-state index contributed by atoms with van der Waals surface area (Å²) in [5.41, 5.74) is 2.10. The van der Waals surface area contributed by atoms with Gasteiger partial charge in [0.1, 0.15) is 5.84 Å². The van der Waals surface area contributed by atoms with Crippen LogP contribution >= 0.6 is 23.8 Å². The van der Waals surface area contributed by atoms with Gasteiger partial charge in [0.05, 0.1) is 0 Å². The summed E-state index contributed by atoms with van der Waals surface area (Å²) in [6.45, 7) is 6.04. The van der Waals surface area contributed by atoms with Gasteiger partial charge in [-0.25, -0.2) is 4.99 Å². The van der Waals surface area contributed by atoms with E-state index >= 15 is 0 Å². The molecule has 5 heteroatoms. The molecule has 0 aliphatic rings. The average molecular weight is 360 g/mol. The zero-order chi connectivity index (χ0) is 17.4. The van der Waals surface area contributed by atoms with Crippen LogP contribution in [-0.2, 0) is 6.42 Å². The van der Waals surface area contributed by atoms with Crippen LogP contribution in [0, 0.1) is 0 Å². The second-order valence-corrected chi connectivity index (χ2v) is 6.12. The van der Waals surface area contributed by atoms with Crippen LogP contribution in [0.3, 0.4) is 0 Å². The first kappa shape index (κ1) is 18.4. The van der Waals surface area contributed by atoms with E-state index in [4.69, 9.17) is 23.8 Å². The molecular formula is C19H22ClN3S. The number of aliphatic imine (C=N–C) groups is 1. The lowest BCUT2D eigenvalue weighted by molar-refractivity contribution is 0.459. The van der Waals surface area contributed by atoms with Crippen molar-refractivity contribution in [3.63, 3.8) is 0 Å². The molecule has 126 valence electrons. The van der Waals surface area contributed by atoms with Crippen molar-refractivity contribution in [1.29, 1.82) is 0 Å². The van der Waals surface area contributed by atoms with E-state index < -0.39 is 0 Å². The summed E-state index contributed by atoms with van der Waals surface area (Å²) < 4.78 is 0. The van der Waals surface area contributed by atoms with Crippen molar-refractivity contribution in [2.45, 2.75) is 20.3 Å². The van der Waals surface area contributed by atoms with Gasteiger partial charge in [-0.15, -0.1) is 0 Å². The standard InChI is InChI=1S/C19H22ClN3S/c1-3-23(4-2)18(14-15-8-6-5-7-9-15)22-19(24)21-17-12-10-16(20)11-13-17/h5-13H,3-4,14H2,1-2H3,(H,21,24)/b22-18+. The molecule has 24 heavy (non-hydrogen) atoms. The van der Waals surface area contributed by atoms with Crippen molar-refractivity contribution in [3.8, 4) is 0 Å². The number of amidine groups is 1. The van der Waals surface area contributed by atoms with E-state index in [0.717, 1.165) is 31.0 Å². The Hall–Kier alpha value is -1.91. The molecule has 3 nitrogen and oxygen atoms in total. The van der Waals surface area contributed by atoms with Crippen molar-refractivity contribution >= 4 is 40.5 Å². The number of hydrogen-bond donors (Lipinski definition) is 1. The minimum atomic E-state index is 0.454. The van der Waals surface area contributed by atoms with Crippen LogP contribution in [0.25, 0.3) is 0 Å². The van der Waals surface area contributed by atoms with Crippen molar-refractivity contribution < 1.29 is 0 Å². The molecule has 0 aliphatic heterocycles. The minimum absolute atomic E-state index is 0.454. The van der Waals surface area contributed by atoms with Gasteiger partial charge in [0, 0.05) is 30.2 Å². The number of anilines is 1. The van der Waals surface area contributed by atoms with E-state index in [9.17, 15) is 0 Å². The van der Waals surface area contributed by atoms with E-state index in [1.165, 1.54) is 5.56 Å². The Balaban J connectivity index is 2.16. The fourth-order valence-corrected chi connectivity index (χ4v) is 2.74. The number of benzene rings is 2. The number of thiocarbonyl (C=S) groups is 1. The zero-order valence-corrected chi connectivity index (χ0v) is 15.6. The molecule has 0 unspecified atom stereocenters.